The maximum absolute atomic E-state index is 14.3. The number of hydrogen-bond donors (Lipinski definition) is 1. The maximum Gasteiger partial charge on any atom is 0.362 e. The molecular formula is C66H62Cl2N4O12. The highest BCUT2D eigenvalue weighted by atomic mass is 35.5. The van der Waals surface area contributed by atoms with Crippen molar-refractivity contribution in [2.45, 2.75) is 66.1 Å². The lowest BCUT2D eigenvalue weighted by Gasteiger charge is -2.47. The predicted octanol–water partition coefficient (Wildman–Crippen LogP) is 12.7. The zero-order chi connectivity index (χ0) is 59.3. The molecule has 9 rings (SSSR count). The van der Waals surface area contributed by atoms with Crippen LogP contribution in [0.3, 0.4) is 0 Å². The molecule has 0 unspecified atom stereocenters. The van der Waals surface area contributed by atoms with E-state index < -0.39 is 40.6 Å². The molecule has 0 saturated carbocycles. The smallest absolute Gasteiger partial charge is 0.362 e. The van der Waals surface area contributed by atoms with Crippen LogP contribution in [0.1, 0.15) is 86.9 Å². The van der Waals surface area contributed by atoms with Crippen molar-refractivity contribution in [1.82, 2.24) is 15.1 Å². The molecule has 0 spiro atoms. The van der Waals surface area contributed by atoms with Gasteiger partial charge in [0.25, 0.3) is 11.6 Å². The van der Waals surface area contributed by atoms with E-state index in [-0.39, 0.29) is 133 Å². The standard InChI is InChI=1S/C66H62Cl2N4O12/c1-42(2)56-59-43(3)52(60(71(59)64(56)75)66(77)84-65(76)48-26-28-49(29-27-48)72(78)79)37-70(35-16-25-53(73)50-30-32-54(80-38-44-17-8-4-9-18-44)61(57(50)67)82-40-46-21-12-6-13-22-46)36-34-69-63(74)51-31-33-55(81-39-45-19-10-5-11-20-45)62(58(51)68)83-41-47-23-14-7-15-24-47/h4-15,17-24,26-33,42-43,56,59H,16,25,34-41H2,1-3H3,(H,69,74)/t43-,56+,59+/m0/s1. The summed E-state index contributed by atoms with van der Waals surface area (Å²) in [6.45, 7) is 7.04. The first-order chi connectivity index (χ1) is 40.7. The van der Waals surface area contributed by atoms with E-state index in [0.717, 1.165) is 34.4 Å². The molecule has 84 heavy (non-hydrogen) atoms. The fraction of sp³-hybridized carbons (Fsp3) is 0.258. The molecule has 16 nitrogen and oxygen atoms in total. The molecule has 18 heteroatoms. The van der Waals surface area contributed by atoms with Gasteiger partial charge >= 0.3 is 11.9 Å². The molecule has 1 fully saturated rings. The van der Waals surface area contributed by atoms with E-state index in [1.165, 1.54) is 17.0 Å². The summed E-state index contributed by atoms with van der Waals surface area (Å²) in [5.41, 5.74) is 4.01. The van der Waals surface area contributed by atoms with Crippen LogP contribution >= 0.6 is 23.2 Å². The van der Waals surface area contributed by atoms with Gasteiger partial charge < -0.3 is 33.9 Å². The van der Waals surface area contributed by atoms with Gasteiger partial charge in [0.2, 0.25) is 5.91 Å². The van der Waals surface area contributed by atoms with Gasteiger partial charge in [-0.1, -0.05) is 165 Å². The second-order valence-corrected chi connectivity index (χ2v) is 21.5. The van der Waals surface area contributed by atoms with Crippen LogP contribution in [-0.4, -0.2) is 76.5 Å². The number of rotatable bonds is 27. The molecule has 0 radical (unpaired) electrons. The van der Waals surface area contributed by atoms with E-state index in [1.807, 2.05) is 147 Å². The average Bonchev–Trinajstić information content (AvgIpc) is 2.37. The van der Waals surface area contributed by atoms with Crippen LogP contribution in [-0.2, 0) is 40.8 Å². The van der Waals surface area contributed by atoms with Crippen molar-refractivity contribution >= 4 is 58.4 Å². The lowest BCUT2D eigenvalue weighted by molar-refractivity contribution is -0.384. The fourth-order valence-corrected chi connectivity index (χ4v) is 11.0. The van der Waals surface area contributed by atoms with Gasteiger partial charge in [-0.15, -0.1) is 0 Å². The normalized spacial score (nSPS) is 15.3. The second-order valence-electron chi connectivity index (χ2n) is 20.8. The van der Waals surface area contributed by atoms with Gasteiger partial charge in [-0.3, -0.25) is 29.4 Å². The Morgan fingerprint density at radius 2 is 1.11 bits per heavy atom. The third-order valence-electron chi connectivity index (χ3n) is 14.8. The summed E-state index contributed by atoms with van der Waals surface area (Å²) in [5.74, 6) is -3.01. The molecule has 2 heterocycles. The van der Waals surface area contributed by atoms with Gasteiger partial charge in [-0.05, 0) is 83.1 Å². The van der Waals surface area contributed by atoms with Crippen molar-refractivity contribution in [2.75, 3.05) is 26.2 Å². The number of ether oxygens (including phenoxy) is 5. The number of amides is 2. The number of hydrogen-bond acceptors (Lipinski definition) is 13. The molecule has 1 N–H and O–H groups in total. The molecule has 2 amide bonds. The third kappa shape index (κ3) is 14.3. The summed E-state index contributed by atoms with van der Waals surface area (Å²) in [7, 11) is 0. The maximum atomic E-state index is 14.3. The van der Waals surface area contributed by atoms with Crippen molar-refractivity contribution in [2.24, 2.45) is 17.8 Å². The summed E-state index contributed by atoms with van der Waals surface area (Å²) in [6.07, 6.45) is 0.287. The van der Waals surface area contributed by atoms with Gasteiger partial charge in [0, 0.05) is 49.7 Å². The zero-order valence-corrected chi connectivity index (χ0v) is 48.1. The van der Waals surface area contributed by atoms with Crippen molar-refractivity contribution in [3.8, 4) is 23.0 Å². The fourth-order valence-electron chi connectivity index (χ4n) is 10.4. The SMILES string of the molecule is CC(C)[C@H]1C(=O)N2C(C(=O)OC(=O)c3ccc([N+](=O)[O-])cc3)=C(CN(CCCC(=O)c3ccc(OCc4ccccc4)c(OCc4ccccc4)c3Cl)CCNC(=O)c3ccc(OCc4ccccc4)c(OCc4ccccc4)c3Cl)[C@H](C)[C@H]12. The minimum absolute atomic E-state index is 0.0148. The number of ketones is 1. The first-order valence-electron chi connectivity index (χ1n) is 27.6. The highest BCUT2D eigenvalue weighted by Crippen LogP contribution is 2.49. The number of carbonyl (C=O) groups is 5. The Kier molecular flexibility index (Phi) is 19.9. The number of fused-ring (bicyclic) bond motifs is 1. The van der Waals surface area contributed by atoms with E-state index in [4.69, 9.17) is 46.9 Å². The van der Waals surface area contributed by atoms with Gasteiger partial charge in [0.15, 0.2) is 28.8 Å². The number of benzene rings is 7. The number of nitro groups is 1. The average molecular weight is 1170 g/mol. The molecule has 432 valence electrons. The number of β-lactam (4-membered cyclic amide) rings is 1. The third-order valence-corrected chi connectivity index (χ3v) is 15.5. The number of halogens is 2. The molecule has 0 bridgehead atoms. The molecule has 3 atom stereocenters. The van der Waals surface area contributed by atoms with Crippen molar-refractivity contribution in [3.05, 3.63) is 240 Å². The van der Waals surface area contributed by atoms with Crippen LogP contribution in [0.5, 0.6) is 23.0 Å². The largest absolute Gasteiger partial charge is 0.485 e. The molecular weight excluding hydrogens is 1110 g/mol. The van der Waals surface area contributed by atoms with Crippen molar-refractivity contribution in [1.29, 1.82) is 0 Å². The first kappa shape index (κ1) is 59.8. The molecule has 0 aliphatic carbocycles. The lowest BCUT2D eigenvalue weighted by Crippen LogP contribution is -2.62. The predicted molar refractivity (Wildman–Crippen MR) is 317 cm³/mol. The van der Waals surface area contributed by atoms with Crippen LogP contribution in [0, 0.1) is 27.9 Å². The number of Topliss-reactive ketones (excluding diaryl/α,β-unsaturated/α-hetero) is 1. The quantitative estimate of drug-likeness (QED) is 0.0128. The van der Waals surface area contributed by atoms with E-state index in [2.05, 4.69) is 5.32 Å². The topological polar surface area (TPSA) is 193 Å². The minimum Gasteiger partial charge on any atom is -0.485 e. The van der Waals surface area contributed by atoms with Gasteiger partial charge in [-0.25, -0.2) is 9.59 Å². The van der Waals surface area contributed by atoms with Crippen LogP contribution < -0.4 is 24.3 Å². The highest BCUT2D eigenvalue weighted by Gasteiger charge is 2.59. The Morgan fingerprint density at radius 3 is 1.60 bits per heavy atom. The van der Waals surface area contributed by atoms with Crippen LogP contribution in [0.2, 0.25) is 10.0 Å². The monoisotopic (exact) mass is 1170 g/mol. The van der Waals surface area contributed by atoms with Gasteiger partial charge in [0.1, 0.15) is 32.1 Å². The Labute approximate surface area is 497 Å². The first-order valence-corrected chi connectivity index (χ1v) is 28.3. The molecule has 1 saturated heterocycles. The Bertz CT molecular complexity index is 3370. The van der Waals surface area contributed by atoms with Gasteiger partial charge in [0.05, 0.1) is 38.1 Å². The Morgan fingerprint density at radius 1 is 0.631 bits per heavy atom. The summed E-state index contributed by atoms with van der Waals surface area (Å²) in [6, 6.07) is 48.9. The number of carbonyl (C=O) groups excluding carboxylic acids is 5. The van der Waals surface area contributed by atoms with Gasteiger partial charge in [-0.2, -0.15) is 0 Å². The van der Waals surface area contributed by atoms with E-state index in [9.17, 15) is 34.1 Å². The highest BCUT2D eigenvalue weighted by molar-refractivity contribution is 6.36. The number of non-ortho nitro benzene ring substituents is 1. The van der Waals surface area contributed by atoms with Crippen LogP contribution in [0.25, 0.3) is 0 Å². The van der Waals surface area contributed by atoms with E-state index in [1.54, 1.807) is 24.3 Å². The number of nitrogens with one attached hydrogen (secondary N) is 1. The van der Waals surface area contributed by atoms with Crippen molar-refractivity contribution in [3.63, 3.8) is 0 Å². The molecule has 7 aromatic rings. The minimum atomic E-state index is -1.06. The van der Waals surface area contributed by atoms with Crippen molar-refractivity contribution < 1.29 is 52.6 Å². The molecule has 0 aromatic heterocycles. The number of nitro benzene ring substituents is 1. The Balaban J connectivity index is 0.972. The lowest BCUT2D eigenvalue weighted by atomic mass is 9.74. The summed E-state index contributed by atoms with van der Waals surface area (Å²) >= 11 is 14.1. The summed E-state index contributed by atoms with van der Waals surface area (Å²) in [5, 5.41) is 14.5. The molecule has 2 aliphatic rings. The second kappa shape index (κ2) is 28.0. The van der Waals surface area contributed by atoms with Crippen LogP contribution in [0.15, 0.2) is 181 Å². The van der Waals surface area contributed by atoms with Crippen LogP contribution in [0.4, 0.5) is 5.69 Å². The Hall–Kier alpha value is -8.83. The number of nitrogens with zero attached hydrogens (tertiary/aromatic N) is 3. The van der Waals surface area contributed by atoms with E-state index in [0.29, 0.717) is 17.1 Å². The number of esters is 2. The molecule has 7 aromatic carbocycles. The summed E-state index contributed by atoms with van der Waals surface area (Å²) in [4.78, 5) is 84.4. The zero-order valence-electron chi connectivity index (χ0n) is 46.5. The summed E-state index contributed by atoms with van der Waals surface area (Å²) < 4.78 is 30.4. The van der Waals surface area contributed by atoms with E-state index >= 15 is 0 Å². The molecule has 2 aliphatic heterocycles.